The van der Waals surface area contributed by atoms with Crippen molar-refractivity contribution in [3.8, 4) is 0 Å². The van der Waals surface area contributed by atoms with Gasteiger partial charge >= 0.3 is 0 Å². The molecule has 0 amide bonds. The molecular formula is C9H10ClN3. The second kappa shape index (κ2) is 3.00. The van der Waals surface area contributed by atoms with Gasteiger partial charge in [-0.1, -0.05) is 25.4 Å². The summed E-state index contributed by atoms with van der Waals surface area (Å²) in [6.45, 7) is 4.18. The SMILES string of the molecule is CC(C)c1cc(Cl)n2nccc2n1. The number of hydrogen-bond acceptors (Lipinski definition) is 2. The van der Waals surface area contributed by atoms with Crippen molar-refractivity contribution in [2.24, 2.45) is 0 Å². The Hall–Kier alpha value is -1.09. The summed E-state index contributed by atoms with van der Waals surface area (Å²) in [5, 5.41) is 4.65. The summed E-state index contributed by atoms with van der Waals surface area (Å²) >= 11 is 6.01. The van der Waals surface area contributed by atoms with Crippen molar-refractivity contribution in [3.05, 3.63) is 29.2 Å². The van der Waals surface area contributed by atoms with Crippen LogP contribution < -0.4 is 0 Å². The van der Waals surface area contributed by atoms with Gasteiger partial charge in [-0.25, -0.2) is 9.50 Å². The standard InChI is InChI=1S/C9H10ClN3/c1-6(2)7-5-8(10)13-9(12-7)3-4-11-13/h3-6H,1-2H3. The molecule has 0 bridgehead atoms. The summed E-state index contributed by atoms with van der Waals surface area (Å²) < 4.78 is 1.62. The van der Waals surface area contributed by atoms with E-state index in [-0.39, 0.29) is 0 Å². The molecule has 13 heavy (non-hydrogen) atoms. The first kappa shape index (κ1) is 8.51. The first-order valence-corrected chi connectivity index (χ1v) is 4.56. The van der Waals surface area contributed by atoms with Crippen LogP contribution >= 0.6 is 11.6 Å². The van der Waals surface area contributed by atoms with Crippen LogP contribution in [0.5, 0.6) is 0 Å². The van der Waals surface area contributed by atoms with Crippen molar-refractivity contribution in [2.75, 3.05) is 0 Å². The van der Waals surface area contributed by atoms with Crippen LogP contribution in [0.2, 0.25) is 5.15 Å². The lowest BCUT2D eigenvalue weighted by atomic mass is 10.1. The highest BCUT2D eigenvalue weighted by atomic mass is 35.5. The number of rotatable bonds is 1. The van der Waals surface area contributed by atoms with E-state index in [1.165, 1.54) is 0 Å². The highest BCUT2D eigenvalue weighted by Crippen LogP contribution is 2.18. The third-order valence-corrected chi connectivity index (χ3v) is 2.20. The topological polar surface area (TPSA) is 30.2 Å². The summed E-state index contributed by atoms with van der Waals surface area (Å²) in [4.78, 5) is 4.41. The Morgan fingerprint density at radius 2 is 2.23 bits per heavy atom. The molecule has 2 aromatic heterocycles. The predicted octanol–water partition coefficient (Wildman–Crippen LogP) is 2.51. The summed E-state index contributed by atoms with van der Waals surface area (Å²) in [6, 6.07) is 3.70. The number of fused-ring (bicyclic) bond motifs is 1. The van der Waals surface area contributed by atoms with Crippen LogP contribution in [0.1, 0.15) is 25.5 Å². The number of nitrogens with zero attached hydrogens (tertiary/aromatic N) is 3. The fraction of sp³-hybridized carbons (Fsp3) is 0.333. The summed E-state index contributed by atoms with van der Waals surface area (Å²) in [7, 11) is 0. The Balaban J connectivity index is 2.70. The van der Waals surface area contributed by atoms with Gasteiger partial charge in [0.2, 0.25) is 0 Å². The van der Waals surface area contributed by atoms with Gasteiger partial charge in [0.15, 0.2) is 5.65 Å². The van der Waals surface area contributed by atoms with Crippen molar-refractivity contribution < 1.29 is 0 Å². The van der Waals surface area contributed by atoms with Crippen LogP contribution in [0.15, 0.2) is 18.3 Å². The fourth-order valence-electron chi connectivity index (χ4n) is 1.19. The average molecular weight is 196 g/mol. The first-order valence-electron chi connectivity index (χ1n) is 4.18. The van der Waals surface area contributed by atoms with Crippen LogP contribution in [0.4, 0.5) is 0 Å². The molecule has 0 aliphatic rings. The summed E-state index contributed by atoms with van der Waals surface area (Å²) in [5.74, 6) is 0.386. The Morgan fingerprint density at radius 3 is 2.92 bits per heavy atom. The Labute approximate surface area is 81.4 Å². The largest absolute Gasteiger partial charge is 0.233 e. The average Bonchev–Trinajstić information content (AvgIpc) is 2.51. The smallest absolute Gasteiger partial charge is 0.156 e. The maximum absolute atomic E-state index is 6.01. The third-order valence-electron chi connectivity index (χ3n) is 1.93. The molecule has 0 N–H and O–H groups in total. The van der Waals surface area contributed by atoms with Crippen LogP contribution in [0, 0.1) is 0 Å². The van der Waals surface area contributed by atoms with Gasteiger partial charge in [-0.2, -0.15) is 5.10 Å². The highest BCUT2D eigenvalue weighted by molar-refractivity contribution is 6.29. The predicted molar refractivity (Wildman–Crippen MR) is 52.1 cm³/mol. The molecule has 2 heterocycles. The molecule has 0 aromatic carbocycles. The van der Waals surface area contributed by atoms with E-state index in [0.717, 1.165) is 11.3 Å². The quantitative estimate of drug-likeness (QED) is 0.655. The van der Waals surface area contributed by atoms with Gasteiger partial charge in [0.1, 0.15) is 5.15 Å². The van der Waals surface area contributed by atoms with E-state index < -0.39 is 0 Å². The molecule has 0 saturated heterocycles. The zero-order valence-corrected chi connectivity index (χ0v) is 8.28. The van der Waals surface area contributed by atoms with Gasteiger partial charge in [0.05, 0.1) is 6.20 Å². The maximum Gasteiger partial charge on any atom is 0.156 e. The second-order valence-electron chi connectivity index (χ2n) is 3.26. The lowest BCUT2D eigenvalue weighted by Gasteiger charge is -2.05. The highest BCUT2D eigenvalue weighted by Gasteiger charge is 2.06. The molecule has 2 aromatic rings. The van der Waals surface area contributed by atoms with Crippen LogP contribution in [-0.2, 0) is 0 Å². The molecule has 0 fully saturated rings. The van der Waals surface area contributed by atoms with Gasteiger partial charge in [-0.15, -0.1) is 0 Å². The molecular weight excluding hydrogens is 186 g/mol. The molecule has 0 spiro atoms. The molecule has 3 nitrogen and oxygen atoms in total. The van der Waals surface area contributed by atoms with Gasteiger partial charge in [0.25, 0.3) is 0 Å². The van der Waals surface area contributed by atoms with Crippen molar-refractivity contribution in [2.45, 2.75) is 19.8 Å². The van der Waals surface area contributed by atoms with Gasteiger partial charge in [0, 0.05) is 11.8 Å². The third kappa shape index (κ3) is 1.40. The molecule has 2 rings (SSSR count). The van der Waals surface area contributed by atoms with E-state index in [9.17, 15) is 0 Å². The second-order valence-corrected chi connectivity index (χ2v) is 3.65. The van der Waals surface area contributed by atoms with Gasteiger partial charge < -0.3 is 0 Å². The summed E-state index contributed by atoms with van der Waals surface area (Å²) in [5.41, 5.74) is 1.80. The zero-order valence-electron chi connectivity index (χ0n) is 7.53. The van der Waals surface area contributed by atoms with E-state index in [2.05, 4.69) is 23.9 Å². The molecule has 0 radical (unpaired) electrons. The van der Waals surface area contributed by atoms with Gasteiger partial charge in [-0.05, 0) is 12.0 Å². The van der Waals surface area contributed by atoms with Crippen molar-refractivity contribution >= 4 is 17.2 Å². The molecule has 0 aliphatic heterocycles. The number of halogens is 1. The molecule has 68 valence electrons. The van der Waals surface area contributed by atoms with Gasteiger partial charge in [-0.3, -0.25) is 0 Å². The van der Waals surface area contributed by atoms with E-state index in [1.54, 1.807) is 10.7 Å². The molecule has 0 atom stereocenters. The maximum atomic E-state index is 6.01. The Morgan fingerprint density at radius 1 is 1.46 bits per heavy atom. The minimum absolute atomic E-state index is 0.386. The molecule has 0 aliphatic carbocycles. The monoisotopic (exact) mass is 195 g/mol. The van der Waals surface area contributed by atoms with E-state index in [4.69, 9.17) is 11.6 Å². The lowest BCUT2D eigenvalue weighted by molar-refractivity contribution is 0.809. The van der Waals surface area contributed by atoms with Crippen LogP contribution in [0.3, 0.4) is 0 Å². The summed E-state index contributed by atoms with van der Waals surface area (Å²) in [6.07, 6.45) is 1.69. The first-order chi connectivity index (χ1) is 6.18. The molecule has 0 saturated carbocycles. The number of aromatic nitrogens is 3. The Bertz CT molecular complexity index is 433. The van der Waals surface area contributed by atoms with E-state index in [0.29, 0.717) is 11.1 Å². The van der Waals surface area contributed by atoms with Crippen molar-refractivity contribution in [3.63, 3.8) is 0 Å². The van der Waals surface area contributed by atoms with Crippen molar-refractivity contribution in [1.29, 1.82) is 0 Å². The van der Waals surface area contributed by atoms with E-state index >= 15 is 0 Å². The van der Waals surface area contributed by atoms with E-state index in [1.807, 2.05) is 12.1 Å². The van der Waals surface area contributed by atoms with Crippen LogP contribution in [0.25, 0.3) is 5.65 Å². The molecule has 4 heteroatoms. The minimum Gasteiger partial charge on any atom is -0.233 e. The molecule has 0 unspecified atom stereocenters. The number of hydrogen-bond donors (Lipinski definition) is 0. The minimum atomic E-state index is 0.386. The van der Waals surface area contributed by atoms with Crippen LogP contribution in [-0.4, -0.2) is 14.6 Å². The Kier molecular flexibility index (Phi) is 1.96. The fourth-order valence-corrected chi connectivity index (χ4v) is 1.43. The van der Waals surface area contributed by atoms with Crippen molar-refractivity contribution in [1.82, 2.24) is 14.6 Å². The zero-order chi connectivity index (χ0) is 9.42. The normalized spacial score (nSPS) is 11.4. The lowest BCUT2D eigenvalue weighted by Crippen LogP contribution is -1.98.